The molecule has 5 nitrogen and oxygen atoms in total. The molecule has 1 aromatic carbocycles. The zero-order valence-corrected chi connectivity index (χ0v) is 10.1. The summed E-state index contributed by atoms with van der Waals surface area (Å²) < 4.78 is 5.36. The van der Waals surface area contributed by atoms with Crippen LogP contribution in [0, 0.1) is 0 Å². The maximum Gasteiger partial charge on any atom is 0.231 e. The van der Waals surface area contributed by atoms with Gasteiger partial charge in [-0.1, -0.05) is 17.3 Å². The number of rotatable bonds is 2. The van der Waals surface area contributed by atoms with Crippen LogP contribution in [-0.2, 0) is 0 Å². The van der Waals surface area contributed by atoms with Crippen molar-refractivity contribution in [2.24, 2.45) is 0 Å². The number of nitrogens with one attached hydrogen (secondary N) is 1. The second-order valence-electron chi connectivity index (χ2n) is 4.62. The second kappa shape index (κ2) is 4.78. The molecule has 2 aromatic rings. The molecule has 0 bridgehead atoms. The molecular formula is C13H16N4O. The number of nitrogens with two attached hydrogens (primary N) is 1. The summed E-state index contributed by atoms with van der Waals surface area (Å²) in [4.78, 5) is 4.47. The van der Waals surface area contributed by atoms with Crippen LogP contribution in [0.2, 0.25) is 0 Å². The lowest BCUT2D eigenvalue weighted by atomic mass is 10.00. The third-order valence-corrected chi connectivity index (χ3v) is 3.23. The molecule has 2 heterocycles. The Balaban J connectivity index is 1.84. The van der Waals surface area contributed by atoms with E-state index in [0.29, 0.717) is 17.4 Å². The molecule has 1 atom stereocenters. The molecule has 0 aliphatic carbocycles. The first kappa shape index (κ1) is 11.2. The highest BCUT2D eigenvalue weighted by molar-refractivity contribution is 5.60. The Morgan fingerprint density at radius 3 is 3.11 bits per heavy atom. The SMILES string of the molecule is Nc1cccc(-c2noc(C3CCCNC3)n2)c1. The minimum Gasteiger partial charge on any atom is -0.399 e. The standard InChI is InChI=1S/C13H16N4O/c14-11-5-1-3-9(7-11)12-16-13(18-17-12)10-4-2-6-15-8-10/h1,3,5,7,10,15H,2,4,6,8,14H2. The highest BCUT2D eigenvalue weighted by Crippen LogP contribution is 2.25. The van der Waals surface area contributed by atoms with Gasteiger partial charge in [-0.2, -0.15) is 4.98 Å². The van der Waals surface area contributed by atoms with Crippen LogP contribution in [0.5, 0.6) is 0 Å². The molecule has 1 unspecified atom stereocenters. The van der Waals surface area contributed by atoms with Crippen LogP contribution in [0.15, 0.2) is 28.8 Å². The molecule has 1 aliphatic rings. The lowest BCUT2D eigenvalue weighted by Crippen LogP contribution is -2.28. The van der Waals surface area contributed by atoms with Gasteiger partial charge >= 0.3 is 0 Å². The molecule has 0 radical (unpaired) electrons. The molecule has 1 aromatic heterocycles. The van der Waals surface area contributed by atoms with E-state index >= 15 is 0 Å². The summed E-state index contributed by atoms with van der Waals surface area (Å²) in [6.45, 7) is 1.99. The lowest BCUT2D eigenvalue weighted by molar-refractivity contribution is 0.322. The van der Waals surface area contributed by atoms with Crippen molar-refractivity contribution < 1.29 is 4.52 Å². The van der Waals surface area contributed by atoms with Gasteiger partial charge in [0, 0.05) is 17.8 Å². The maximum absolute atomic E-state index is 5.75. The number of hydrogen-bond acceptors (Lipinski definition) is 5. The van der Waals surface area contributed by atoms with E-state index in [9.17, 15) is 0 Å². The third-order valence-electron chi connectivity index (χ3n) is 3.23. The van der Waals surface area contributed by atoms with Crippen molar-refractivity contribution >= 4 is 5.69 Å². The molecule has 0 saturated carbocycles. The first-order chi connectivity index (χ1) is 8.83. The topological polar surface area (TPSA) is 77.0 Å². The summed E-state index contributed by atoms with van der Waals surface area (Å²) in [6.07, 6.45) is 2.26. The van der Waals surface area contributed by atoms with Gasteiger partial charge in [0.15, 0.2) is 0 Å². The first-order valence-corrected chi connectivity index (χ1v) is 6.23. The van der Waals surface area contributed by atoms with E-state index in [1.807, 2.05) is 24.3 Å². The van der Waals surface area contributed by atoms with Crippen molar-refractivity contribution in [3.05, 3.63) is 30.2 Å². The van der Waals surface area contributed by atoms with Crippen molar-refractivity contribution in [1.82, 2.24) is 15.5 Å². The van der Waals surface area contributed by atoms with Crippen LogP contribution in [0.25, 0.3) is 11.4 Å². The smallest absolute Gasteiger partial charge is 0.231 e. The minimum absolute atomic E-state index is 0.334. The normalized spacial score (nSPS) is 19.9. The van der Waals surface area contributed by atoms with Crippen LogP contribution in [0.4, 0.5) is 5.69 Å². The number of nitrogens with zero attached hydrogens (tertiary/aromatic N) is 2. The van der Waals surface area contributed by atoms with Gasteiger partial charge in [-0.05, 0) is 31.5 Å². The summed E-state index contributed by atoms with van der Waals surface area (Å²) in [5, 5.41) is 7.38. The summed E-state index contributed by atoms with van der Waals surface area (Å²) in [5.74, 6) is 1.67. The molecule has 94 valence electrons. The van der Waals surface area contributed by atoms with E-state index < -0.39 is 0 Å². The van der Waals surface area contributed by atoms with Crippen LogP contribution in [-0.4, -0.2) is 23.2 Å². The van der Waals surface area contributed by atoms with Gasteiger partial charge in [0.25, 0.3) is 0 Å². The number of anilines is 1. The Kier molecular flexibility index (Phi) is 2.98. The Hall–Kier alpha value is -1.88. The van der Waals surface area contributed by atoms with Crippen molar-refractivity contribution in [2.45, 2.75) is 18.8 Å². The van der Waals surface area contributed by atoms with E-state index in [0.717, 1.165) is 37.4 Å². The van der Waals surface area contributed by atoms with E-state index in [-0.39, 0.29) is 0 Å². The predicted octanol–water partition coefficient (Wildman–Crippen LogP) is 1.79. The molecule has 1 saturated heterocycles. The van der Waals surface area contributed by atoms with E-state index in [1.54, 1.807) is 0 Å². The molecule has 0 spiro atoms. The van der Waals surface area contributed by atoms with Gasteiger partial charge in [0.2, 0.25) is 11.7 Å². The van der Waals surface area contributed by atoms with E-state index in [4.69, 9.17) is 10.3 Å². The lowest BCUT2D eigenvalue weighted by Gasteiger charge is -2.18. The van der Waals surface area contributed by atoms with Crippen molar-refractivity contribution in [2.75, 3.05) is 18.8 Å². The van der Waals surface area contributed by atoms with E-state index in [2.05, 4.69) is 15.5 Å². The van der Waals surface area contributed by atoms with Gasteiger partial charge in [-0.3, -0.25) is 0 Å². The fourth-order valence-electron chi connectivity index (χ4n) is 2.26. The fourth-order valence-corrected chi connectivity index (χ4v) is 2.26. The number of piperidine rings is 1. The monoisotopic (exact) mass is 244 g/mol. The molecule has 1 fully saturated rings. The summed E-state index contributed by atoms with van der Waals surface area (Å²) in [7, 11) is 0. The summed E-state index contributed by atoms with van der Waals surface area (Å²) in [6, 6.07) is 7.52. The average molecular weight is 244 g/mol. The molecule has 5 heteroatoms. The van der Waals surface area contributed by atoms with Crippen LogP contribution in [0.1, 0.15) is 24.7 Å². The number of aromatic nitrogens is 2. The Morgan fingerprint density at radius 2 is 2.33 bits per heavy atom. The Bertz CT molecular complexity index is 531. The molecule has 3 N–H and O–H groups in total. The quantitative estimate of drug-likeness (QED) is 0.787. The summed E-state index contributed by atoms with van der Waals surface area (Å²) >= 11 is 0. The van der Waals surface area contributed by atoms with Crippen LogP contribution >= 0.6 is 0 Å². The van der Waals surface area contributed by atoms with Gasteiger partial charge < -0.3 is 15.6 Å². The van der Waals surface area contributed by atoms with Crippen molar-refractivity contribution in [3.63, 3.8) is 0 Å². The maximum atomic E-state index is 5.75. The first-order valence-electron chi connectivity index (χ1n) is 6.23. The van der Waals surface area contributed by atoms with Crippen LogP contribution < -0.4 is 11.1 Å². The molecular weight excluding hydrogens is 228 g/mol. The minimum atomic E-state index is 0.334. The number of benzene rings is 1. The predicted molar refractivity (Wildman–Crippen MR) is 69.0 cm³/mol. The molecule has 18 heavy (non-hydrogen) atoms. The summed E-state index contributed by atoms with van der Waals surface area (Å²) in [5.41, 5.74) is 7.35. The van der Waals surface area contributed by atoms with Gasteiger partial charge in [-0.15, -0.1) is 0 Å². The van der Waals surface area contributed by atoms with Crippen LogP contribution in [0.3, 0.4) is 0 Å². The zero-order chi connectivity index (χ0) is 12.4. The largest absolute Gasteiger partial charge is 0.399 e. The second-order valence-corrected chi connectivity index (χ2v) is 4.62. The average Bonchev–Trinajstić information content (AvgIpc) is 2.89. The molecule has 1 aliphatic heterocycles. The van der Waals surface area contributed by atoms with Gasteiger partial charge in [0.1, 0.15) is 0 Å². The highest BCUT2D eigenvalue weighted by Gasteiger charge is 2.21. The molecule has 0 amide bonds. The van der Waals surface area contributed by atoms with Crippen molar-refractivity contribution in [1.29, 1.82) is 0 Å². The fraction of sp³-hybridized carbons (Fsp3) is 0.385. The zero-order valence-electron chi connectivity index (χ0n) is 10.1. The Morgan fingerprint density at radius 1 is 1.39 bits per heavy atom. The van der Waals surface area contributed by atoms with E-state index in [1.165, 1.54) is 0 Å². The number of nitrogen functional groups attached to an aromatic ring is 1. The van der Waals surface area contributed by atoms with Crippen molar-refractivity contribution in [3.8, 4) is 11.4 Å². The molecule has 3 rings (SSSR count). The highest BCUT2D eigenvalue weighted by atomic mass is 16.5. The number of hydrogen-bond donors (Lipinski definition) is 2. The third kappa shape index (κ3) is 2.22. The Labute approximate surface area is 105 Å². The van der Waals surface area contributed by atoms with Gasteiger partial charge in [-0.25, -0.2) is 0 Å². The van der Waals surface area contributed by atoms with Gasteiger partial charge in [0.05, 0.1) is 5.92 Å².